The number of nitrogens with two attached hydrogens (primary N) is 1. The van der Waals surface area contributed by atoms with Gasteiger partial charge >= 0.3 is 0 Å². The Hall–Kier alpha value is -1.22. The summed E-state index contributed by atoms with van der Waals surface area (Å²) in [5.41, 5.74) is 4.58. The average molecular weight is 318 g/mol. The van der Waals surface area contributed by atoms with Gasteiger partial charge in [-0.1, -0.05) is 0 Å². The summed E-state index contributed by atoms with van der Waals surface area (Å²) in [5, 5.41) is 10.3. The van der Waals surface area contributed by atoms with Gasteiger partial charge in [0, 0.05) is 30.8 Å². The maximum absolute atomic E-state index is 13.6. The minimum Gasteiger partial charge on any atom is -0.398 e. The molecule has 1 aliphatic heterocycles. The van der Waals surface area contributed by atoms with Crippen LogP contribution in [0.3, 0.4) is 0 Å². The van der Waals surface area contributed by atoms with Crippen LogP contribution in [-0.2, 0) is 14.8 Å². The zero-order chi connectivity index (χ0) is 15.8. The molecule has 1 aromatic rings. The third-order valence-electron chi connectivity index (χ3n) is 3.90. The first-order valence-corrected chi connectivity index (χ1v) is 8.03. The van der Waals surface area contributed by atoms with Crippen LogP contribution in [0.5, 0.6) is 0 Å². The second kappa shape index (κ2) is 5.53. The molecule has 6 nitrogen and oxygen atoms in total. The molecule has 118 valence electrons. The standard InChI is InChI=1S/C13H19FN2O4S/c1-8-11(14)5-10(6-12(8)15)21(18,19)16-7-13(17)3-4-20-9(13)2/h5-6,9,16-17H,3-4,7,15H2,1-2H3. The van der Waals surface area contributed by atoms with Crippen molar-refractivity contribution in [2.45, 2.75) is 36.9 Å². The molecule has 21 heavy (non-hydrogen) atoms. The minimum absolute atomic E-state index is 0.0617. The Morgan fingerprint density at radius 2 is 2.24 bits per heavy atom. The first-order valence-electron chi connectivity index (χ1n) is 6.55. The molecule has 0 radical (unpaired) electrons. The van der Waals surface area contributed by atoms with E-state index >= 15 is 0 Å². The van der Waals surface area contributed by atoms with Gasteiger partial charge in [-0.05, 0) is 26.0 Å². The predicted octanol–water partition coefficient (Wildman–Crippen LogP) is 0.535. The molecule has 1 saturated heterocycles. The molecule has 2 atom stereocenters. The molecule has 0 amide bonds. The van der Waals surface area contributed by atoms with E-state index in [4.69, 9.17) is 10.5 Å². The van der Waals surface area contributed by atoms with E-state index in [-0.39, 0.29) is 22.7 Å². The summed E-state index contributed by atoms with van der Waals surface area (Å²) in [6.45, 7) is 3.30. The molecule has 4 N–H and O–H groups in total. The number of halogens is 1. The van der Waals surface area contributed by atoms with Crippen LogP contribution >= 0.6 is 0 Å². The summed E-state index contributed by atoms with van der Waals surface area (Å²) in [7, 11) is -3.96. The number of aliphatic hydroxyl groups is 1. The highest BCUT2D eigenvalue weighted by Gasteiger charge is 2.40. The lowest BCUT2D eigenvalue weighted by molar-refractivity contribution is -0.0228. The summed E-state index contributed by atoms with van der Waals surface area (Å²) in [4.78, 5) is -0.265. The SMILES string of the molecule is Cc1c(N)cc(S(=O)(=O)NCC2(O)CCOC2C)cc1F. The van der Waals surface area contributed by atoms with Gasteiger partial charge in [0.25, 0.3) is 0 Å². The third kappa shape index (κ3) is 3.18. The summed E-state index contributed by atoms with van der Waals surface area (Å²) in [6.07, 6.45) is -0.138. The van der Waals surface area contributed by atoms with Crippen LogP contribution in [0.4, 0.5) is 10.1 Å². The number of sulfonamides is 1. The fraction of sp³-hybridized carbons (Fsp3) is 0.538. The molecule has 1 heterocycles. The third-order valence-corrected chi connectivity index (χ3v) is 5.28. The zero-order valence-corrected chi connectivity index (χ0v) is 12.7. The number of hydrogen-bond acceptors (Lipinski definition) is 5. The quantitative estimate of drug-likeness (QED) is 0.703. The molecule has 1 aliphatic rings. The van der Waals surface area contributed by atoms with Gasteiger partial charge in [-0.25, -0.2) is 17.5 Å². The van der Waals surface area contributed by atoms with Crippen LogP contribution in [0, 0.1) is 12.7 Å². The van der Waals surface area contributed by atoms with Crippen LogP contribution < -0.4 is 10.5 Å². The monoisotopic (exact) mass is 318 g/mol. The molecule has 8 heteroatoms. The van der Waals surface area contributed by atoms with Gasteiger partial charge in [-0.3, -0.25) is 0 Å². The number of nitrogen functional groups attached to an aromatic ring is 1. The van der Waals surface area contributed by atoms with E-state index in [2.05, 4.69) is 4.72 Å². The topological polar surface area (TPSA) is 102 Å². The Morgan fingerprint density at radius 3 is 2.76 bits per heavy atom. The zero-order valence-electron chi connectivity index (χ0n) is 11.9. The minimum atomic E-state index is -3.96. The van der Waals surface area contributed by atoms with Crippen molar-refractivity contribution in [3.05, 3.63) is 23.5 Å². The molecular formula is C13H19FN2O4S. The number of nitrogens with one attached hydrogen (secondary N) is 1. The Balaban J connectivity index is 2.19. The van der Waals surface area contributed by atoms with Crippen LogP contribution in [0.15, 0.2) is 17.0 Å². The maximum Gasteiger partial charge on any atom is 0.240 e. The molecular weight excluding hydrogens is 299 g/mol. The number of ether oxygens (including phenoxy) is 1. The van der Waals surface area contributed by atoms with Crippen molar-refractivity contribution in [3.8, 4) is 0 Å². The van der Waals surface area contributed by atoms with E-state index in [1.54, 1.807) is 6.92 Å². The van der Waals surface area contributed by atoms with Gasteiger partial charge in [0.15, 0.2) is 0 Å². The average Bonchev–Trinajstić information content (AvgIpc) is 2.74. The highest BCUT2D eigenvalue weighted by molar-refractivity contribution is 7.89. The molecule has 0 spiro atoms. The van der Waals surface area contributed by atoms with E-state index < -0.39 is 27.5 Å². The van der Waals surface area contributed by atoms with E-state index in [0.29, 0.717) is 13.0 Å². The molecule has 0 saturated carbocycles. The Labute approximate surface area is 123 Å². The van der Waals surface area contributed by atoms with Crippen molar-refractivity contribution in [3.63, 3.8) is 0 Å². The maximum atomic E-state index is 13.6. The van der Waals surface area contributed by atoms with E-state index in [9.17, 15) is 17.9 Å². The first kappa shape index (κ1) is 16.2. The van der Waals surface area contributed by atoms with Crippen LogP contribution in [-0.4, -0.2) is 38.4 Å². The first-order chi connectivity index (χ1) is 9.66. The Kier molecular flexibility index (Phi) is 4.25. The van der Waals surface area contributed by atoms with Crippen molar-refractivity contribution in [1.82, 2.24) is 4.72 Å². The molecule has 0 aliphatic carbocycles. The lowest BCUT2D eigenvalue weighted by Crippen LogP contribution is -2.47. The van der Waals surface area contributed by atoms with Crippen molar-refractivity contribution < 1.29 is 22.7 Å². The summed E-state index contributed by atoms with van der Waals surface area (Å²) in [6, 6.07) is 2.10. The number of anilines is 1. The van der Waals surface area contributed by atoms with Crippen LogP contribution in [0.1, 0.15) is 18.9 Å². The van der Waals surface area contributed by atoms with Gasteiger partial charge in [0.1, 0.15) is 11.4 Å². The van der Waals surface area contributed by atoms with Crippen molar-refractivity contribution in [2.75, 3.05) is 18.9 Å². The molecule has 2 unspecified atom stereocenters. The molecule has 1 aromatic carbocycles. The number of rotatable bonds is 4. The van der Waals surface area contributed by atoms with Crippen molar-refractivity contribution in [1.29, 1.82) is 0 Å². The molecule has 1 fully saturated rings. The Bertz CT molecular complexity index is 627. The van der Waals surface area contributed by atoms with Crippen molar-refractivity contribution >= 4 is 15.7 Å². The number of hydrogen-bond donors (Lipinski definition) is 3. The fourth-order valence-electron chi connectivity index (χ4n) is 2.14. The lowest BCUT2D eigenvalue weighted by Gasteiger charge is -2.26. The fourth-order valence-corrected chi connectivity index (χ4v) is 3.28. The van der Waals surface area contributed by atoms with Gasteiger partial charge in [-0.2, -0.15) is 0 Å². The lowest BCUT2D eigenvalue weighted by atomic mass is 9.97. The van der Waals surface area contributed by atoms with Gasteiger partial charge in [-0.15, -0.1) is 0 Å². The van der Waals surface area contributed by atoms with Crippen LogP contribution in [0.2, 0.25) is 0 Å². The van der Waals surface area contributed by atoms with E-state index in [0.717, 1.165) is 6.07 Å². The van der Waals surface area contributed by atoms with Gasteiger partial charge in [0.2, 0.25) is 10.0 Å². The summed E-state index contributed by atoms with van der Waals surface area (Å²) < 4.78 is 45.5. The van der Waals surface area contributed by atoms with Crippen molar-refractivity contribution in [2.24, 2.45) is 0 Å². The highest BCUT2D eigenvalue weighted by atomic mass is 32.2. The number of benzene rings is 1. The highest BCUT2D eigenvalue weighted by Crippen LogP contribution is 2.26. The van der Waals surface area contributed by atoms with E-state index in [1.807, 2.05) is 0 Å². The second-order valence-corrected chi connectivity index (χ2v) is 7.08. The molecule has 2 rings (SSSR count). The normalized spacial score (nSPS) is 26.2. The second-order valence-electron chi connectivity index (χ2n) is 5.31. The summed E-state index contributed by atoms with van der Waals surface area (Å²) in [5.74, 6) is -0.688. The molecule has 0 aromatic heterocycles. The Morgan fingerprint density at radius 1 is 1.57 bits per heavy atom. The summed E-state index contributed by atoms with van der Waals surface area (Å²) >= 11 is 0. The smallest absolute Gasteiger partial charge is 0.240 e. The van der Waals surface area contributed by atoms with E-state index in [1.165, 1.54) is 13.0 Å². The van der Waals surface area contributed by atoms with Crippen LogP contribution in [0.25, 0.3) is 0 Å². The van der Waals surface area contributed by atoms with Gasteiger partial charge in [0.05, 0.1) is 11.0 Å². The largest absolute Gasteiger partial charge is 0.398 e. The van der Waals surface area contributed by atoms with Gasteiger partial charge < -0.3 is 15.6 Å². The molecule has 0 bridgehead atoms. The predicted molar refractivity (Wildman–Crippen MR) is 75.7 cm³/mol.